The van der Waals surface area contributed by atoms with Crippen LogP contribution in [0.5, 0.6) is 0 Å². The van der Waals surface area contributed by atoms with Crippen molar-refractivity contribution in [2.75, 3.05) is 13.1 Å². The smallest absolute Gasteiger partial charge is 0.311 e. The van der Waals surface area contributed by atoms with Gasteiger partial charge in [0.15, 0.2) is 0 Å². The van der Waals surface area contributed by atoms with Crippen LogP contribution in [-0.4, -0.2) is 35.0 Å². The Morgan fingerprint density at radius 2 is 2.16 bits per heavy atom. The molecule has 1 atom stereocenters. The van der Waals surface area contributed by atoms with Crippen molar-refractivity contribution in [2.24, 2.45) is 5.41 Å². The first kappa shape index (κ1) is 14.2. The lowest BCUT2D eigenvalue weighted by Crippen LogP contribution is -2.34. The Morgan fingerprint density at radius 1 is 1.47 bits per heavy atom. The third-order valence-corrected chi connectivity index (χ3v) is 4.32. The molecule has 102 valence electrons. The highest BCUT2D eigenvalue weighted by molar-refractivity contribution is 14.1. The topological polar surface area (TPSA) is 57.6 Å². The average Bonchev–Trinajstić information content (AvgIpc) is 2.76. The molecule has 1 heterocycles. The molecular formula is C13H13FINO3. The van der Waals surface area contributed by atoms with Crippen LogP contribution in [0.15, 0.2) is 18.2 Å². The zero-order valence-corrected chi connectivity index (χ0v) is 12.5. The Labute approximate surface area is 123 Å². The lowest BCUT2D eigenvalue weighted by molar-refractivity contribution is -0.147. The lowest BCUT2D eigenvalue weighted by Gasteiger charge is -2.20. The summed E-state index contributed by atoms with van der Waals surface area (Å²) in [7, 11) is 0. The second kappa shape index (κ2) is 5.07. The van der Waals surface area contributed by atoms with Gasteiger partial charge in [0.1, 0.15) is 5.82 Å². The van der Waals surface area contributed by atoms with Crippen LogP contribution in [0.2, 0.25) is 0 Å². The van der Waals surface area contributed by atoms with Crippen molar-refractivity contribution in [3.8, 4) is 0 Å². The molecule has 0 aromatic heterocycles. The molecule has 2 rings (SSSR count). The second-order valence-electron chi connectivity index (χ2n) is 4.97. The Bertz CT molecular complexity index is 549. The first-order valence-corrected chi connectivity index (χ1v) is 6.89. The fraction of sp³-hybridized carbons (Fsp3) is 0.385. The molecule has 4 nitrogen and oxygen atoms in total. The number of amides is 1. The molecule has 1 aromatic rings. The van der Waals surface area contributed by atoms with Crippen LogP contribution < -0.4 is 0 Å². The molecule has 1 N–H and O–H groups in total. The van der Waals surface area contributed by atoms with Crippen molar-refractivity contribution in [2.45, 2.75) is 13.3 Å². The number of hydrogen-bond acceptors (Lipinski definition) is 2. The van der Waals surface area contributed by atoms with Crippen LogP contribution in [0.25, 0.3) is 0 Å². The molecule has 1 fully saturated rings. The maximum absolute atomic E-state index is 13.4. The number of likely N-dealkylation sites (tertiary alicyclic amines) is 1. The van der Waals surface area contributed by atoms with Crippen LogP contribution in [0.3, 0.4) is 0 Å². The molecule has 0 radical (unpaired) electrons. The maximum Gasteiger partial charge on any atom is 0.311 e. The average molecular weight is 377 g/mol. The first-order valence-electron chi connectivity index (χ1n) is 5.81. The molecule has 6 heteroatoms. The number of benzene rings is 1. The van der Waals surface area contributed by atoms with E-state index in [0.29, 0.717) is 16.5 Å². The summed E-state index contributed by atoms with van der Waals surface area (Å²) in [5, 5.41) is 9.12. The maximum atomic E-state index is 13.4. The number of hydrogen-bond donors (Lipinski definition) is 1. The largest absolute Gasteiger partial charge is 0.481 e. The van der Waals surface area contributed by atoms with Crippen LogP contribution in [0.4, 0.5) is 4.39 Å². The van der Waals surface area contributed by atoms with Gasteiger partial charge in [-0.15, -0.1) is 0 Å². The monoisotopic (exact) mass is 377 g/mol. The number of carboxylic acid groups (broad SMARTS) is 1. The van der Waals surface area contributed by atoms with E-state index in [0.717, 1.165) is 0 Å². The predicted molar refractivity (Wildman–Crippen MR) is 75.4 cm³/mol. The van der Waals surface area contributed by atoms with E-state index in [1.807, 2.05) is 22.6 Å². The molecule has 1 unspecified atom stereocenters. The van der Waals surface area contributed by atoms with E-state index in [2.05, 4.69) is 0 Å². The van der Waals surface area contributed by atoms with E-state index < -0.39 is 17.2 Å². The number of carbonyl (C=O) groups is 2. The van der Waals surface area contributed by atoms with E-state index >= 15 is 0 Å². The fourth-order valence-corrected chi connectivity index (χ4v) is 2.46. The van der Waals surface area contributed by atoms with Crippen molar-refractivity contribution in [3.05, 3.63) is 33.1 Å². The number of carboxylic acids is 1. The fourth-order valence-electron chi connectivity index (χ4n) is 2.12. The highest BCUT2D eigenvalue weighted by atomic mass is 127. The van der Waals surface area contributed by atoms with Gasteiger partial charge in [-0.25, -0.2) is 4.39 Å². The van der Waals surface area contributed by atoms with Gasteiger partial charge in [-0.2, -0.15) is 0 Å². The SMILES string of the molecule is CC1(C(=O)O)CCN(C(=O)c2ccc(I)c(F)c2)C1. The van der Waals surface area contributed by atoms with Gasteiger partial charge in [-0.05, 0) is 54.1 Å². The van der Waals surface area contributed by atoms with Gasteiger partial charge in [0, 0.05) is 22.2 Å². The Balaban J connectivity index is 2.18. The van der Waals surface area contributed by atoms with Gasteiger partial charge in [0.25, 0.3) is 5.91 Å². The molecule has 1 aliphatic heterocycles. The molecule has 19 heavy (non-hydrogen) atoms. The van der Waals surface area contributed by atoms with Crippen molar-refractivity contribution in [1.82, 2.24) is 4.90 Å². The van der Waals surface area contributed by atoms with Crippen molar-refractivity contribution >= 4 is 34.5 Å². The van der Waals surface area contributed by atoms with E-state index in [-0.39, 0.29) is 18.0 Å². The minimum Gasteiger partial charge on any atom is -0.481 e. The van der Waals surface area contributed by atoms with E-state index in [1.54, 1.807) is 13.0 Å². The molecule has 0 spiro atoms. The number of halogens is 2. The van der Waals surface area contributed by atoms with E-state index in [1.165, 1.54) is 17.0 Å². The Morgan fingerprint density at radius 3 is 2.68 bits per heavy atom. The van der Waals surface area contributed by atoms with Crippen molar-refractivity contribution < 1.29 is 19.1 Å². The molecule has 0 bridgehead atoms. The standard InChI is InChI=1S/C13H13FINO3/c1-13(12(18)19)4-5-16(7-13)11(17)8-2-3-10(15)9(14)6-8/h2-3,6H,4-5,7H2,1H3,(H,18,19). The lowest BCUT2D eigenvalue weighted by atomic mass is 9.90. The summed E-state index contributed by atoms with van der Waals surface area (Å²) in [5.41, 5.74) is -0.648. The summed E-state index contributed by atoms with van der Waals surface area (Å²) in [5.74, 6) is -1.66. The minimum absolute atomic E-state index is 0.161. The summed E-state index contributed by atoms with van der Waals surface area (Å²) in [6.45, 7) is 2.17. The number of nitrogens with zero attached hydrogens (tertiary/aromatic N) is 1. The number of rotatable bonds is 2. The highest BCUT2D eigenvalue weighted by Crippen LogP contribution is 2.31. The van der Waals surface area contributed by atoms with Gasteiger partial charge in [0.05, 0.1) is 5.41 Å². The number of carbonyl (C=O) groups excluding carboxylic acids is 1. The van der Waals surface area contributed by atoms with E-state index in [4.69, 9.17) is 5.11 Å². The summed E-state index contributed by atoms with van der Waals surface area (Å²) < 4.78 is 13.9. The van der Waals surface area contributed by atoms with Gasteiger partial charge in [0.2, 0.25) is 0 Å². The molecule has 1 amide bonds. The normalized spacial score (nSPS) is 22.6. The third-order valence-electron chi connectivity index (χ3n) is 3.44. The van der Waals surface area contributed by atoms with Crippen molar-refractivity contribution in [1.29, 1.82) is 0 Å². The van der Waals surface area contributed by atoms with Crippen molar-refractivity contribution in [3.63, 3.8) is 0 Å². The summed E-state index contributed by atoms with van der Waals surface area (Å²) in [4.78, 5) is 24.8. The second-order valence-corrected chi connectivity index (χ2v) is 6.13. The van der Waals surface area contributed by atoms with Crippen LogP contribution in [0.1, 0.15) is 23.7 Å². The van der Waals surface area contributed by atoms with Crippen LogP contribution in [0, 0.1) is 14.8 Å². The molecule has 0 aliphatic carbocycles. The molecule has 1 saturated heterocycles. The minimum atomic E-state index is -0.906. The zero-order valence-electron chi connectivity index (χ0n) is 10.3. The molecular weight excluding hydrogens is 364 g/mol. The Hall–Kier alpha value is -1.18. The Kier molecular flexibility index (Phi) is 3.80. The van der Waals surface area contributed by atoms with Gasteiger partial charge in [-0.1, -0.05) is 0 Å². The highest BCUT2D eigenvalue weighted by Gasteiger charge is 2.42. The number of aliphatic carboxylic acids is 1. The van der Waals surface area contributed by atoms with Crippen LogP contribution >= 0.6 is 22.6 Å². The third kappa shape index (κ3) is 2.72. The van der Waals surface area contributed by atoms with Crippen LogP contribution in [-0.2, 0) is 4.79 Å². The molecule has 1 aliphatic rings. The zero-order chi connectivity index (χ0) is 14.2. The summed E-state index contributed by atoms with van der Waals surface area (Å²) in [6, 6.07) is 4.29. The van der Waals surface area contributed by atoms with Gasteiger partial charge < -0.3 is 10.0 Å². The summed E-state index contributed by atoms with van der Waals surface area (Å²) >= 11 is 1.85. The van der Waals surface area contributed by atoms with Gasteiger partial charge in [-0.3, -0.25) is 9.59 Å². The predicted octanol–water partition coefficient (Wildman–Crippen LogP) is 2.37. The molecule has 0 saturated carbocycles. The molecule has 1 aromatic carbocycles. The van der Waals surface area contributed by atoms with E-state index in [9.17, 15) is 14.0 Å². The quantitative estimate of drug-likeness (QED) is 0.806. The summed E-state index contributed by atoms with van der Waals surface area (Å²) in [6.07, 6.45) is 0.418. The first-order chi connectivity index (χ1) is 8.83. The van der Waals surface area contributed by atoms with Gasteiger partial charge >= 0.3 is 5.97 Å².